The summed E-state index contributed by atoms with van der Waals surface area (Å²) in [5.74, 6) is 2.54. The largest absolute Gasteiger partial charge is 0.416 e. The number of aliphatic hydroxyl groups excluding tert-OH is 1. The second-order valence-corrected chi connectivity index (χ2v) is 14.7. The molecule has 0 saturated heterocycles. The minimum atomic E-state index is -4.59. The molecule has 0 aromatic carbocycles. The average molecular weight is 545 g/mol. The predicted molar refractivity (Wildman–Crippen MR) is 142 cm³/mol. The van der Waals surface area contributed by atoms with Gasteiger partial charge in [0.1, 0.15) is 6.10 Å². The van der Waals surface area contributed by atoms with Crippen LogP contribution in [0.1, 0.15) is 106 Å². The van der Waals surface area contributed by atoms with Crippen molar-refractivity contribution >= 4 is 0 Å². The normalized spacial score (nSPS) is 41.9. The van der Waals surface area contributed by atoms with Gasteiger partial charge in [0.15, 0.2) is 5.60 Å². The van der Waals surface area contributed by atoms with Gasteiger partial charge < -0.3 is 20.1 Å². The van der Waals surface area contributed by atoms with E-state index in [2.05, 4.69) is 26.8 Å². The number of rotatable bonds is 8. The molecule has 0 unspecified atom stereocenters. The third-order valence-corrected chi connectivity index (χ3v) is 11.5. The number of ether oxygens (including phenoxy) is 1. The number of hydrogen-bond acceptors (Lipinski definition) is 4. The lowest BCUT2D eigenvalue weighted by atomic mass is 9.46. The lowest BCUT2D eigenvalue weighted by molar-refractivity contribution is -0.255. The first-order valence-electron chi connectivity index (χ1n) is 14.9. The highest BCUT2D eigenvalue weighted by Crippen LogP contribution is 2.67. The van der Waals surface area contributed by atoms with Crippen LogP contribution in [0, 0.1) is 40.4 Å². The van der Waals surface area contributed by atoms with Gasteiger partial charge in [0, 0.05) is 0 Å². The Morgan fingerprint density at radius 3 is 2.34 bits per heavy atom. The van der Waals surface area contributed by atoms with Crippen molar-refractivity contribution in [3.8, 4) is 0 Å². The van der Waals surface area contributed by atoms with Crippen LogP contribution in [-0.2, 0) is 4.74 Å². The molecule has 220 valence electrons. The van der Waals surface area contributed by atoms with E-state index < -0.39 is 23.5 Å². The molecule has 0 aliphatic heterocycles. The quantitative estimate of drug-likeness (QED) is 0.294. The van der Waals surface area contributed by atoms with Gasteiger partial charge in [-0.3, -0.25) is 0 Å². The first-order chi connectivity index (χ1) is 17.4. The molecular formula is C31H51F3O4. The van der Waals surface area contributed by atoms with Crippen molar-refractivity contribution in [2.45, 2.75) is 135 Å². The van der Waals surface area contributed by atoms with Gasteiger partial charge in [-0.1, -0.05) is 33.3 Å². The SMILES string of the molecule is C[C@H](CCC[C@](C)(O)C(F)(F)F)[C@H]1CC[C@H]2[C@@H]3CC=C4[C@@H](O)[C@@H](OCC(C)(C)O)CC[C@]4(C)[C@H]3CC[C@]12C. The van der Waals surface area contributed by atoms with Crippen molar-refractivity contribution in [1.29, 1.82) is 0 Å². The lowest BCUT2D eigenvalue weighted by Gasteiger charge is -2.59. The van der Waals surface area contributed by atoms with Crippen molar-refractivity contribution in [3.63, 3.8) is 0 Å². The second-order valence-electron chi connectivity index (χ2n) is 14.7. The number of halogens is 3. The van der Waals surface area contributed by atoms with Crippen LogP contribution in [0.4, 0.5) is 13.2 Å². The van der Waals surface area contributed by atoms with E-state index in [1.54, 1.807) is 13.8 Å². The maximum Gasteiger partial charge on any atom is 0.416 e. The number of aliphatic hydroxyl groups is 3. The number of allylic oxidation sites excluding steroid dienone is 1. The fraction of sp³-hybridized carbons (Fsp3) is 0.935. The summed E-state index contributed by atoms with van der Waals surface area (Å²) in [4.78, 5) is 0. The van der Waals surface area contributed by atoms with Crippen LogP contribution in [0.5, 0.6) is 0 Å². The molecule has 0 amide bonds. The fourth-order valence-electron chi connectivity index (χ4n) is 9.28. The van der Waals surface area contributed by atoms with Crippen LogP contribution in [0.2, 0.25) is 0 Å². The number of hydrogen-bond donors (Lipinski definition) is 3. The van der Waals surface area contributed by atoms with E-state index in [1.807, 2.05) is 0 Å². The monoisotopic (exact) mass is 544 g/mol. The van der Waals surface area contributed by atoms with Crippen molar-refractivity contribution in [3.05, 3.63) is 11.6 Å². The molecular weight excluding hydrogens is 493 g/mol. The minimum Gasteiger partial charge on any atom is -0.388 e. The van der Waals surface area contributed by atoms with Gasteiger partial charge in [-0.15, -0.1) is 0 Å². The zero-order valence-electron chi connectivity index (χ0n) is 24.3. The zero-order chi connectivity index (χ0) is 28.3. The Labute approximate surface area is 227 Å². The molecule has 0 heterocycles. The van der Waals surface area contributed by atoms with Gasteiger partial charge in [0.05, 0.1) is 18.3 Å². The average Bonchev–Trinajstić information content (AvgIpc) is 3.14. The van der Waals surface area contributed by atoms with E-state index in [0.29, 0.717) is 42.4 Å². The Hall–Kier alpha value is -0.630. The highest BCUT2D eigenvalue weighted by Gasteiger charge is 2.60. The first kappa shape index (κ1) is 30.3. The van der Waals surface area contributed by atoms with Crippen LogP contribution >= 0.6 is 0 Å². The van der Waals surface area contributed by atoms with E-state index >= 15 is 0 Å². The smallest absolute Gasteiger partial charge is 0.388 e. The molecule has 3 saturated carbocycles. The van der Waals surface area contributed by atoms with E-state index in [0.717, 1.165) is 51.0 Å². The molecule has 3 fully saturated rings. The van der Waals surface area contributed by atoms with Crippen molar-refractivity contribution in [1.82, 2.24) is 0 Å². The number of alkyl halides is 3. The molecule has 7 heteroatoms. The molecule has 0 spiro atoms. The third kappa shape index (κ3) is 5.47. The Morgan fingerprint density at radius 2 is 1.71 bits per heavy atom. The first-order valence-corrected chi connectivity index (χ1v) is 14.9. The summed E-state index contributed by atoms with van der Waals surface area (Å²) in [6, 6.07) is 0. The van der Waals surface area contributed by atoms with E-state index in [4.69, 9.17) is 4.74 Å². The van der Waals surface area contributed by atoms with Gasteiger partial charge in [-0.05, 0) is 125 Å². The molecule has 0 radical (unpaired) electrons. The molecule has 0 aromatic rings. The number of fused-ring (bicyclic) bond motifs is 5. The molecule has 4 nitrogen and oxygen atoms in total. The maximum atomic E-state index is 13.1. The van der Waals surface area contributed by atoms with Gasteiger partial charge in [-0.25, -0.2) is 0 Å². The molecule has 4 rings (SSSR count). The molecule has 0 bridgehead atoms. The summed E-state index contributed by atoms with van der Waals surface area (Å²) < 4.78 is 45.2. The Kier molecular flexibility index (Phi) is 8.24. The summed E-state index contributed by atoms with van der Waals surface area (Å²) in [5, 5.41) is 31.2. The van der Waals surface area contributed by atoms with Crippen LogP contribution in [0.25, 0.3) is 0 Å². The van der Waals surface area contributed by atoms with Crippen molar-refractivity contribution < 1.29 is 33.2 Å². The van der Waals surface area contributed by atoms with E-state index in [1.165, 1.54) is 6.42 Å². The summed E-state index contributed by atoms with van der Waals surface area (Å²) in [6.45, 7) is 11.5. The van der Waals surface area contributed by atoms with Crippen LogP contribution < -0.4 is 0 Å². The third-order valence-electron chi connectivity index (χ3n) is 11.5. The molecule has 38 heavy (non-hydrogen) atoms. The van der Waals surface area contributed by atoms with Gasteiger partial charge in [-0.2, -0.15) is 13.2 Å². The Bertz CT molecular complexity index is 877. The van der Waals surface area contributed by atoms with Crippen molar-refractivity contribution in [2.75, 3.05) is 6.61 Å². The van der Waals surface area contributed by atoms with Crippen LogP contribution in [-0.4, -0.2) is 51.5 Å². The Morgan fingerprint density at radius 1 is 1.03 bits per heavy atom. The van der Waals surface area contributed by atoms with E-state index in [9.17, 15) is 28.5 Å². The van der Waals surface area contributed by atoms with E-state index in [-0.39, 0.29) is 30.0 Å². The standard InChI is InChI=1S/C31H51F3O4/c1-19(8-7-15-30(6,37)31(32,33)34)21-11-12-22-20-9-10-24-26(35)25(38-18-27(2,3)36)14-17-29(24,5)23(20)13-16-28(21,22)4/h10,19-23,25-26,35-37H,7-9,11-18H2,1-6H3/t19-,20+,21-,22+,23+,25+,26-,28-,29-,30+/m1/s1. The fourth-order valence-corrected chi connectivity index (χ4v) is 9.28. The second kappa shape index (κ2) is 10.3. The van der Waals surface area contributed by atoms with Crippen molar-refractivity contribution in [2.24, 2.45) is 40.4 Å². The van der Waals surface area contributed by atoms with Crippen LogP contribution in [0.3, 0.4) is 0 Å². The summed E-state index contributed by atoms with van der Waals surface area (Å²) in [7, 11) is 0. The highest BCUT2D eigenvalue weighted by molar-refractivity contribution is 5.29. The molecule has 4 aliphatic rings. The van der Waals surface area contributed by atoms with Gasteiger partial charge in [0.2, 0.25) is 0 Å². The summed E-state index contributed by atoms with van der Waals surface area (Å²) >= 11 is 0. The molecule has 0 aromatic heterocycles. The molecule has 3 N–H and O–H groups in total. The molecule has 4 aliphatic carbocycles. The topological polar surface area (TPSA) is 69.9 Å². The van der Waals surface area contributed by atoms with Gasteiger partial charge in [0.25, 0.3) is 0 Å². The minimum absolute atomic E-state index is 0.0366. The lowest BCUT2D eigenvalue weighted by Crippen LogP contribution is -2.54. The summed E-state index contributed by atoms with van der Waals surface area (Å²) in [5.41, 5.74) is -2.25. The summed E-state index contributed by atoms with van der Waals surface area (Å²) in [6.07, 6.45) is 4.96. The molecule has 10 atom stereocenters. The highest BCUT2D eigenvalue weighted by atomic mass is 19.4. The predicted octanol–water partition coefficient (Wildman–Crippen LogP) is 6.81. The maximum absolute atomic E-state index is 13.1. The Balaban J connectivity index is 1.43. The van der Waals surface area contributed by atoms with Crippen LogP contribution in [0.15, 0.2) is 11.6 Å². The zero-order valence-corrected chi connectivity index (χ0v) is 24.3. The van der Waals surface area contributed by atoms with Gasteiger partial charge >= 0.3 is 6.18 Å².